The molecule has 0 bridgehead atoms. The standard InChI is InChI=1S/C14H20N2O4S/c1-10(16-13(17)14(2)7-4-8-20-14)11-5-3-6-12(9-11)21(15,18)19/h3,5-6,9-10H,4,7-8H2,1-2H3,(H,16,17)(H2,15,18,19). The SMILES string of the molecule is CC(NC(=O)C1(C)CCCO1)c1cccc(S(N)(=O)=O)c1. The minimum absolute atomic E-state index is 0.0319. The number of hydrogen-bond donors (Lipinski definition) is 2. The molecule has 0 spiro atoms. The van der Waals surface area contributed by atoms with Gasteiger partial charge in [0.05, 0.1) is 10.9 Å². The number of sulfonamides is 1. The summed E-state index contributed by atoms with van der Waals surface area (Å²) in [4.78, 5) is 12.3. The quantitative estimate of drug-likeness (QED) is 0.869. The fraction of sp³-hybridized carbons (Fsp3) is 0.500. The maximum atomic E-state index is 12.3. The fourth-order valence-electron chi connectivity index (χ4n) is 2.35. The van der Waals surface area contributed by atoms with E-state index in [0.717, 1.165) is 6.42 Å². The van der Waals surface area contributed by atoms with Crippen molar-refractivity contribution in [2.24, 2.45) is 5.14 Å². The molecule has 2 rings (SSSR count). The molecular formula is C14H20N2O4S. The summed E-state index contributed by atoms with van der Waals surface area (Å²) in [5.74, 6) is -0.187. The molecule has 2 unspecified atom stereocenters. The molecule has 1 aromatic carbocycles. The van der Waals surface area contributed by atoms with Crippen LogP contribution >= 0.6 is 0 Å². The van der Waals surface area contributed by atoms with E-state index in [4.69, 9.17) is 9.88 Å². The Bertz CT molecular complexity index is 636. The molecule has 0 aromatic heterocycles. The van der Waals surface area contributed by atoms with Crippen LogP contribution in [-0.4, -0.2) is 26.5 Å². The number of amides is 1. The average molecular weight is 312 g/mol. The molecular weight excluding hydrogens is 292 g/mol. The third-order valence-electron chi connectivity index (χ3n) is 3.73. The molecule has 0 radical (unpaired) electrons. The number of hydrogen-bond acceptors (Lipinski definition) is 4. The first-order valence-corrected chi connectivity index (χ1v) is 8.35. The molecule has 21 heavy (non-hydrogen) atoms. The third kappa shape index (κ3) is 3.61. The van der Waals surface area contributed by atoms with Crippen LogP contribution in [0.15, 0.2) is 29.2 Å². The van der Waals surface area contributed by atoms with Gasteiger partial charge >= 0.3 is 0 Å². The summed E-state index contributed by atoms with van der Waals surface area (Å²) in [6.45, 7) is 4.14. The summed E-state index contributed by atoms with van der Waals surface area (Å²) in [7, 11) is -3.75. The van der Waals surface area contributed by atoms with Gasteiger partial charge in [0.2, 0.25) is 10.0 Å². The molecule has 1 heterocycles. The lowest BCUT2D eigenvalue weighted by Gasteiger charge is -2.25. The van der Waals surface area contributed by atoms with Crippen molar-refractivity contribution in [3.05, 3.63) is 29.8 Å². The molecule has 116 valence electrons. The smallest absolute Gasteiger partial charge is 0.252 e. The molecule has 1 fully saturated rings. The zero-order valence-corrected chi connectivity index (χ0v) is 12.9. The normalized spacial score (nSPS) is 23.8. The Labute approximate surface area is 124 Å². The molecule has 1 saturated heterocycles. The second-order valence-corrected chi connectivity index (χ2v) is 7.06. The van der Waals surface area contributed by atoms with Gasteiger partial charge in [0.15, 0.2) is 0 Å². The van der Waals surface area contributed by atoms with Crippen LogP contribution in [0, 0.1) is 0 Å². The number of primary sulfonamides is 1. The number of carbonyl (C=O) groups is 1. The van der Waals surface area contributed by atoms with Crippen molar-refractivity contribution in [3.63, 3.8) is 0 Å². The lowest BCUT2D eigenvalue weighted by atomic mass is 10.0. The summed E-state index contributed by atoms with van der Waals surface area (Å²) in [5, 5.41) is 7.97. The van der Waals surface area contributed by atoms with Crippen LogP contribution in [-0.2, 0) is 19.6 Å². The lowest BCUT2D eigenvalue weighted by Crippen LogP contribution is -2.44. The van der Waals surface area contributed by atoms with Gasteiger partial charge in [0.1, 0.15) is 5.60 Å². The number of nitrogens with one attached hydrogen (secondary N) is 1. The molecule has 0 aliphatic carbocycles. The van der Waals surface area contributed by atoms with E-state index in [2.05, 4.69) is 5.32 Å². The van der Waals surface area contributed by atoms with Crippen molar-refractivity contribution in [2.45, 2.75) is 43.2 Å². The van der Waals surface area contributed by atoms with Crippen LogP contribution in [0.5, 0.6) is 0 Å². The van der Waals surface area contributed by atoms with Crippen molar-refractivity contribution in [2.75, 3.05) is 6.61 Å². The van der Waals surface area contributed by atoms with E-state index in [-0.39, 0.29) is 16.8 Å². The maximum absolute atomic E-state index is 12.3. The molecule has 3 N–H and O–H groups in total. The molecule has 1 aromatic rings. The van der Waals surface area contributed by atoms with Gasteiger partial charge in [-0.3, -0.25) is 4.79 Å². The highest BCUT2D eigenvalue weighted by molar-refractivity contribution is 7.89. The van der Waals surface area contributed by atoms with Gasteiger partial charge in [0, 0.05) is 6.61 Å². The molecule has 1 aliphatic rings. The molecule has 7 heteroatoms. The van der Waals surface area contributed by atoms with Crippen LogP contribution in [0.3, 0.4) is 0 Å². The summed E-state index contributed by atoms with van der Waals surface area (Å²) >= 11 is 0. The van der Waals surface area contributed by atoms with Crippen molar-refractivity contribution < 1.29 is 17.9 Å². The average Bonchev–Trinajstić information content (AvgIpc) is 2.86. The highest BCUT2D eigenvalue weighted by Crippen LogP contribution is 2.26. The second kappa shape index (κ2) is 5.75. The van der Waals surface area contributed by atoms with E-state index < -0.39 is 15.6 Å². The summed E-state index contributed by atoms with van der Waals surface area (Å²) < 4.78 is 28.2. The maximum Gasteiger partial charge on any atom is 0.252 e. The van der Waals surface area contributed by atoms with Crippen molar-refractivity contribution >= 4 is 15.9 Å². The Hall–Kier alpha value is -1.44. The Balaban J connectivity index is 2.14. The Morgan fingerprint density at radius 1 is 1.48 bits per heavy atom. The van der Waals surface area contributed by atoms with Gasteiger partial charge in [-0.05, 0) is 44.4 Å². The van der Waals surface area contributed by atoms with Gasteiger partial charge in [0.25, 0.3) is 5.91 Å². The van der Waals surface area contributed by atoms with E-state index in [1.807, 2.05) is 0 Å². The third-order valence-corrected chi connectivity index (χ3v) is 4.64. The van der Waals surface area contributed by atoms with Crippen LogP contribution in [0.4, 0.5) is 0 Å². The van der Waals surface area contributed by atoms with Gasteiger partial charge in [-0.1, -0.05) is 12.1 Å². The topological polar surface area (TPSA) is 98.5 Å². The number of carbonyl (C=O) groups excluding carboxylic acids is 1. The zero-order valence-electron chi connectivity index (χ0n) is 12.1. The monoisotopic (exact) mass is 312 g/mol. The van der Waals surface area contributed by atoms with Crippen LogP contribution < -0.4 is 10.5 Å². The Morgan fingerprint density at radius 3 is 2.76 bits per heavy atom. The number of rotatable bonds is 4. The highest BCUT2D eigenvalue weighted by atomic mass is 32.2. The summed E-state index contributed by atoms with van der Waals surface area (Å²) in [6, 6.07) is 5.91. The lowest BCUT2D eigenvalue weighted by molar-refractivity contribution is -0.140. The van der Waals surface area contributed by atoms with Crippen molar-refractivity contribution in [1.82, 2.24) is 5.32 Å². The van der Waals surface area contributed by atoms with E-state index in [9.17, 15) is 13.2 Å². The van der Waals surface area contributed by atoms with Crippen LogP contribution in [0.1, 0.15) is 38.3 Å². The highest BCUT2D eigenvalue weighted by Gasteiger charge is 2.38. The molecule has 1 aliphatic heterocycles. The minimum atomic E-state index is -3.75. The van der Waals surface area contributed by atoms with E-state index in [0.29, 0.717) is 18.6 Å². The van der Waals surface area contributed by atoms with Crippen molar-refractivity contribution in [1.29, 1.82) is 0 Å². The van der Waals surface area contributed by atoms with Gasteiger partial charge in [-0.2, -0.15) is 0 Å². The van der Waals surface area contributed by atoms with Gasteiger partial charge in [-0.25, -0.2) is 13.6 Å². The summed E-state index contributed by atoms with van der Waals surface area (Å²) in [5.41, 5.74) is -0.122. The van der Waals surface area contributed by atoms with E-state index in [1.54, 1.807) is 26.0 Å². The largest absolute Gasteiger partial charge is 0.365 e. The van der Waals surface area contributed by atoms with E-state index in [1.165, 1.54) is 12.1 Å². The Kier molecular flexibility index (Phi) is 4.36. The van der Waals surface area contributed by atoms with Gasteiger partial charge in [-0.15, -0.1) is 0 Å². The van der Waals surface area contributed by atoms with E-state index >= 15 is 0 Å². The molecule has 2 atom stereocenters. The number of benzene rings is 1. The first-order chi connectivity index (χ1) is 9.72. The zero-order chi connectivity index (χ0) is 15.7. The van der Waals surface area contributed by atoms with Crippen molar-refractivity contribution in [3.8, 4) is 0 Å². The molecule has 6 nitrogen and oxygen atoms in total. The molecule has 1 amide bonds. The fourth-order valence-corrected chi connectivity index (χ4v) is 2.92. The second-order valence-electron chi connectivity index (χ2n) is 5.50. The number of ether oxygens (including phenoxy) is 1. The Morgan fingerprint density at radius 2 is 2.19 bits per heavy atom. The van der Waals surface area contributed by atoms with Crippen LogP contribution in [0.2, 0.25) is 0 Å². The first-order valence-electron chi connectivity index (χ1n) is 6.80. The van der Waals surface area contributed by atoms with Gasteiger partial charge < -0.3 is 10.1 Å². The van der Waals surface area contributed by atoms with Crippen LogP contribution in [0.25, 0.3) is 0 Å². The first kappa shape index (κ1) is 15.9. The number of nitrogens with two attached hydrogens (primary N) is 1. The summed E-state index contributed by atoms with van der Waals surface area (Å²) in [6.07, 6.45) is 1.54. The predicted octanol–water partition coefficient (Wildman–Crippen LogP) is 1.08. The minimum Gasteiger partial charge on any atom is -0.365 e. The molecule has 0 saturated carbocycles. The predicted molar refractivity (Wildman–Crippen MR) is 78.0 cm³/mol.